The Bertz CT molecular complexity index is 3600. The van der Waals surface area contributed by atoms with Crippen molar-refractivity contribution in [1.82, 2.24) is 25.4 Å². The van der Waals surface area contributed by atoms with Gasteiger partial charge in [0.15, 0.2) is 5.70 Å². The van der Waals surface area contributed by atoms with Crippen molar-refractivity contribution in [2.75, 3.05) is 14.2 Å². The lowest BCUT2D eigenvalue weighted by Crippen LogP contribution is -2.44. The summed E-state index contributed by atoms with van der Waals surface area (Å²) < 4.78 is 23.0. The molecule has 0 amide bonds. The minimum Gasteiger partial charge on any atom is -0.466 e. The van der Waals surface area contributed by atoms with Gasteiger partial charge in [0.2, 0.25) is 23.6 Å². The maximum atomic E-state index is 14.4. The Labute approximate surface area is 434 Å². The summed E-state index contributed by atoms with van der Waals surface area (Å²) in [5, 5.41) is 23.5. The summed E-state index contributed by atoms with van der Waals surface area (Å²) in [7, 11) is 2.58. The van der Waals surface area contributed by atoms with Crippen LogP contribution in [0.1, 0.15) is 86.1 Å². The SMILES string of the molecule is COC(=O)C1=C(C(=O)OC)C2(c3cc(C#Cc4ccc(-c5nnc(-c6ccc(C(C)(C)C)cc6)o5)cc4)ccc3-c3ccc(C#Cc4ccc(-c5nnc(-c6ccc(C(C)(C)C)cc6)o5)cc4)cc32)C2C=CC=NN12. The zero-order valence-electron chi connectivity index (χ0n) is 42.6. The van der Waals surface area contributed by atoms with Crippen molar-refractivity contribution >= 4 is 18.2 Å². The predicted molar refractivity (Wildman–Crippen MR) is 287 cm³/mol. The van der Waals surface area contributed by atoms with Crippen molar-refractivity contribution in [3.8, 4) is 80.6 Å². The van der Waals surface area contributed by atoms with Crippen molar-refractivity contribution in [2.45, 2.75) is 63.8 Å². The number of hydrogen-bond acceptors (Lipinski definition) is 12. The quantitative estimate of drug-likeness (QED) is 0.116. The third-order valence-corrected chi connectivity index (χ3v) is 13.9. The van der Waals surface area contributed by atoms with Gasteiger partial charge in [0.05, 0.1) is 31.2 Å². The number of carbonyl (C=O) groups excluding carboxylic acids is 2. The highest BCUT2D eigenvalue weighted by atomic mass is 16.5. The average molecular weight is 987 g/mol. The molecule has 12 nitrogen and oxygen atoms in total. The van der Waals surface area contributed by atoms with Gasteiger partial charge < -0.3 is 18.3 Å². The van der Waals surface area contributed by atoms with Gasteiger partial charge in [-0.05, 0) is 147 Å². The Kier molecular flexibility index (Phi) is 11.9. The van der Waals surface area contributed by atoms with Crippen molar-refractivity contribution in [3.63, 3.8) is 0 Å². The van der Waals surface area contributed by atoms with E-state index in [2.05, 4.69) is 115 Å². The van der Waals surface area contributed by atoms with E-state index in [1.165, 1.54) is 25.3 Å². The second-order valence-corrected chi connectivity index (χ2v) is 20.6. The fraction of sp³-hybridized carbons (Fsp3) is 0.190. The molecule has 4 heterocycles. The molecule has 12 heteroatoms. The summed E-state index contributed by atoms with van der Waals surface area (Å²) in [6.45, 7) is 13.1. The maximum absolute atomic E-state index is 14.4. The van der Waals surface area contributed by atoms with E-state index in [-0.39, 0.29) is 22.1 Å². The van der Waals surface area contributed by atoms with E-state index in [1.807, 2.05) is 121 Å². The number of ether oxygens (including phenoxy) is 2. The second kappa shape index (κ2) is 18.6. The summed E-state index contributed by atoms with van der Waals surface area (Å²) in [6, 6.07) is 42.8. The number of hydrazone groups is 1. The molecule has 1 atom stereocenters. The normalized spacial score (nSPS) is 14.9. The van der Waals surface area contributed by atoms with Crippen molar-refractivity contribution < 1.29 is 27.9 Å². The number of hydrogen-bond donors (Lipinski definition) is 0. The molecular weight excluding hydrogens is 937 g/mol. The van der Waals surface area contributed by atoms with E-state index >= 15 is 0 Å². The maximum Gasteiger partial charge on any atom is 0.356 e. The number of fused-ring (bicyclic) bond motifs is 7. The van der Waals surface area contributed by atoms with Crippen LogP contribution in [0.3, 0.4) is 0 Å². The first-order valence-electron chi connectivity index (χ1n) is 24.5. The Morgan fingerprint density at radius 3 is 1.28 bits per heavy atom. The summed E-state index contributed by atoms with van der Waals surface area (Å²) in [4.78, 5) is 28.2. The van der Waals surface area contributed by atoms with E-state index in [1.54, 1.807) is 11.2 Å². The van der Waals surface area contributed by atoms with Crippen LogP contribution in [0.5, 0.6) is 0 Å². The summed E-state index contributed by atoms with van der Waals surface area (Å²) >= 11 is 0. The van der Waals surface area contributed by atoms with Crippen LogP contribution < -0.4 is 0 Å². The predicted octanol–water partition coefficient (Wildman–Crippen LogP) is 11.6. The van der Waals surface area contributed by atoms with Crippen molar-refractivity contribution in [2.24, 2.45) is 5.10 Å². The topological polar surface area (TPSA) is 146 Å². The minimum absolute atomic E-state index is 0.0134. The van der Waals surface area contributed by atoms with Gasteiger partial charge in [-0.1, -0.05) is 108 Å². The third-order valence-electron chi connectivity index (χ3n) is 13.9. The molecule has 1 unspecified atom stereocenters. The lowest BCUT2D eigenvalue weighted by Gasteiger charge is -2.36. The van der Waals surface area contributed by atoms with E-state index in [0.717, 1.165) is 55.6 Å². The standard InChI is InChI=1S/C63H50N6O6/c1-61(2,3)46-29-25-44(26-30-46)57-67-65-55(74-57)42-21-15-38(16-22-42)11-13-40-19-33-48-49-34-20-41(14-12-39-17-23-43(24-18-39)56-66-68-58(75-56)45-27-31-47(32-28-45)62(4,5)6)37-51(49)63(50(48)36-40)52-10-9-35-64-69(52)54(60(71)73-8)53(63)59(70)72-7/h9-10,15-37,52H,1-8H3. The molecule has 1 spiro atoms. The van der Waals surface area contributed by atoms with E-state index in [0.29, 0.717) is 34.7 Å². The minimum atomic E-state index is -1.30. The summed E-state index contributed by atoms with van der Waals surface area (Å²) in [5.74, 6) is 13.6. The highest BCUT2D eigenvalue weighted by molar-refractivity contribution is 6.07. The largest absolute Gasteiger partial charge is 0.466 e. The molecule has 1 aliphatic carbocycles. The molecular formula is C63H50N6O6. The van der Waals surface area contributed by atoms with Gasteiger partial charge in [0.25, 0.3) is 0 Å². The molecule has 2 aliphatic heterocycles. The average Bonchev–Trinajstić information content (AvgIpc) is 4.27. The first-order valence-corrected chi connectivity index (χ1v) is 24.5. The number of carbonyl (C=O) groups is 2. The lowest BCUT2D eigenvalue weighted by molar-refractivity contribution is -0.140. The smallest absolute Gasteiger partial charge is 0.356 e. The number of nitrogens with zero attached hydrogens (tertiary/aromatic N) is 6. The van der Waals surface area contributed by atoms with Crippen LogP contribution in [0, 0.1) is 23.7 Å². The van der Waals surface area contributed by atoms with Crippen LogP contribution in [0.2, 0.25) is 0 Å². The molecule has 368 valence electrons. The first kappa shape index (κ1) is 47.9. The summed E-state index contributed by atoms with van der Waals surface area (Å²) in [5.41, 5.74) is 10.6. The van der Waals surface area contributed by atoms with Crippen LogP contribution in [-0.4, -0.2) is 63.8 Å². The van der Waals surface area contributed by atoms with Crippen molar-refractivity contribution in [3.05, 3.63) is 201 Å². The van der Waals surface area contributed by atoms with Crippen LogP contribution in [-0.2, 0) is 35.3 Å². The molecule has 0 bridgehead atoms. The Morgan fingerprint density at radius 1 is 0.520 bits per heavy atom. The fourth-order valence-corrected chi connectivity index (χ4v) is 9.96. The number of aromatic nitrogens is 4. The number of esters is 2. The second-order valence-electron chi connectivity index (χ2n) is 20.6. The Balaban J connectivity index is 0.915. The highest BCUT2D eigenvalue weighted by Gasteiger charge is 2.63. The van der Waals surface area contributed by atoms with Gasteiger partial charge in [-0.2, -0.15) is 5.10 Å². The van der Waals surface area contributed by atoms with Gasteiger partial charge in [-0.15, -0.1) is 20.4 Å². The Morgan fingerprint density at radius 2 is 0.893 bits per heavy atom. The monoisotopic (exact) mass is 986 g/mol. The van der Waals surface area contributed by atoms with Crippen LogP contribution in [0.15, 0.2) is 171 Å². The molecule has 0 saturated carbocycles. The molecule has 0 saturated heterocycles. The lowest BCUT2D eigenvalue weighted by atomic mass is 9.67. The van der Waals surface area contributed by atoms with Gasteiger partial charge in [0, 0.05) is 50.7 Å². The van der Waals surface area contributed by atoms with E-state index in [9.17, 15) is 9.59 Å². The zero-order valence-corrected chi connectivity index (χ0v) is 42.6. The van der Waals surface area contributed by atoms with Crippen LogP contribution in [0.25, 0.3) is 56.9 Å². The number of benzene rings is 6. The Hall–Kier alpha value is -9.39. The molecule has 8 aromatic rings. The van der Waals surface area contributed by atoms with Gasteiger partial charge >= 0.3 is 11.9 Å². The number of allylic oxidation sites excluding steroid dienone is 1. The third kappa shape index (κ3) is 8.60. The molecule has 2 aromatic heterocycles. The van der Waals surface area contributed by atoms with Crippen LogP contribution >= 0.6 is 0 Å². The summed E-state index contributed by atoms with van der Waals surface area (Å²) in [6.07, 6.45) is 5.33. The van der Waals surface area contributed by atoms with E-state index in [4.69, 9.17) is 18.3 Å². The van der Waals surface area contributed by atoms with Gasteiger partial charge in [-0.25, -0.2) is 14.6 Å². The van der Waals surface area contributed by atoms with Gasteiger partial charge in [0.1, 0.15) is 0 Å². The van der Waals surface area contributed by atoms with E-state index < -0.39 is 23.4 Å². The highest BCUT2D eigenvalue weighted by Crippen LogP contribution is 2.61. The molecule has 6 aromatic carbocycles. The molecule has 3 aliphatic rings. The molecule has 75 heavy (non-hydrogen) atoms. The van der Waals surface area contributed by atoms with Gasteiger partial charge in [-0.3, -0.25) is 0 Å². The zero-order chi connectivity index (χ0) is 52.2. The molecule has 0 radical (unpaired) electrons. The molecule has 0 fully saturated rings. The number of rotatable bonds is 6. The van der Waals surface area contributed by atoms with Crippen molar-refractivity contribution in [1.29, 1.82) is 0 Å². The van der Waals surface area contributed by atoms with Crippen LogP contribution in [0.4, 0.5) is 0 Å². The fourth-order valence-electron chi connectivity index (χ4n) is 9.96. The number of methoxy groups -OCH3 is 2. The molecule has 0 N–H and O–H groups in total. The molecule has 11 rings (SSSR count). The first-order chi connectivity index (χ1) is 36.1.